The molecular weight excluding hydrogens is 194 g/mol. The zero-order chi connectivity index (χ0) is 9.97. The van der Waals surface area contributed by atoms with Gasteiger partial charge in [-0.1, -0.05) is 0 Å². The van der Waals surface area contributed by atoms with E-state index in [1.54, 1.807) is 11.3 Å². The fraction of sp³-hybridized carbons (Fsp3) is 0.545. The van der Waals surface area contributed by atoms with Crippen LogP contribution in [-0.2, 0) is 0 Å². The summed E-state index contributed by atoms with van der Waals surface area (Å²) in [5.41, 5.74) is 0. The highest BCUT2D eigenvalue weighted by Gasteiger charge is 2.24. The van der Waals surface area contributed by atoms with Crippen molar-refractivity contribution in [3.63, 3.8) is 0 Å². The lowest BCUT2D eigenvalue weighted by Crippen LogP contribution is -2.23. The molecule has 2 rings (SSSR count). The van der Waals surface area contributed by atoms with Gasteiger partial charge < -0.3 is 4.90 Å². The van der Waals surface area contributed by atoms with Gasteiger partial charge in [0.2, 0.25) is 0 Å². The van der Waals surface area contributed by atoms with Crippen molar-refractivity contribution in [2.24, 2.45) is 5.92 Å². The number of carbonyl (C=O) groups excluding carboxylic acids is 1. The number of carbonyl (C=O) groups is 1. The fourth-order valence-electron chi connectivity index (χ4n) is 1.56. The molecule has 0 N–H and O–H groups in total. The van der Waals surface area contributed by atoms with Crippen LogP contribution in [0.25, 0.3) is 0 Å². The molecule has 0 amide bonds. The van der Waals surface area contributed by atoms with Crippen LogP contribution in [0.15, 0.2) is 12.1 Å². The van der Waals surface area contributed by atoms with E-state index in [2.05, 4.69) is 17.9 Å². The van der Waals surface area contributed by atoms with E-state index in [0.717, 1.165) is 30.2 Å². The second kappa shape index (κ2) is 4.13. The summed E-state index contributed by atoms with van der Waals surface area (Å²) in [5.74, 6) is 0.900. The van der Waals surface area contributed by atoms with E-state index in [4.69, 9.17) is 0 Å². The fourth-order valence-corrected chi connectivity index (χ4v) is 2.46. The maximum absolute atomic E-state index is 10.6. The van der Waals surface area contributed by atoms with E-state index < -0.39 is 0 Å². The Kier molecular flexibility index (Phi) is 2.87. The first-order chi connectivity index (χ1) is 6.83. The minimum absolute atomic E-state index is 0.828. The molecule has 0 bridgehead atoms. The van der Waals surface area contributed by atoms with Crippen LogP contribution < -0.4 is 4.90 Å². The van der Waals surface area contributed by atoms with E-state index >= 15 is 0 Å². The largest absolute Gasteiger partial charge is 0.363 e. The molecule has 1 heterocycles. The van der Waals surface area contributed by atoms with Gasteiger partial charge in [-0.25, -0.2) is 0 Å². The molecule has 3 heteroatoms. The van der Waals surface area contributed by atoms with Gasteiger partial charge >= 0.3 is 0 Å². The van der Waals surface area contributed by atoms with Gasteiger partial charge in [-0.3, -0.25) is 4.79 Å². The van der Waals surface area contributed by atoms with Crippen molar-refractivity contribution in [1.82, 2.24) is 0 Å². The first-order valence-corrected chi connectivity index (χ1v) is 5.95. The monoisotopic (exact) mass is 209 g/mol. The highest BCUT2D eigenvalue weighted by atomic mass is 32.1. The van der Waals surface area contributed by atoms with E-state index in [1.807, 2.05) is 6.07 Å². The van der Waals surface area contributed by atoms with Crippen LogP contribution in [0.3, 0.4) is 0 Å². The van der Waals surface area contributed by atoms with E-state index in [9.17, 15) is 4.79 Å². The molecule has 0 unspecified atom stereocenters. The van der Waals surface area contributed by atoms with Crippen molar-refractivity contribution < 1.29 is 4.79 Å². The normalized spacial score (nSPS) is 15.5. The summed E-state index contributed by atoms with van der Waals surface area (Å²) >= 11 is 1.59. The lowest BCUT2D eigenvalue weighted by molar-refractivity contribution is 0.112. The Morgan fingerprint density at radius 3 is 2.86 bits per heavy atom. The van der Waals surface area contributed by atoms with Crippen LogP contribution in [-0.4, -0.2) is 19.4 Å². The number of nitrogens with zero attached hydrogens (tertiary/aromatic N) is 1. The van der Waals surface area contributed by atoms with Crippen molar-refractivity contribution in [1.29, 1.82) is 0 Å². The van der Waals surface area contributed by atoms with Gasteiger partial charge in [0.15, 0.2) is 6.29 Å². The molecule has 0 aliphatic heterocycles. The van der Waals surface area contributed by atoms with Crippen LogP contribution in [0.2, 0.25) is 0 Å². The number of anilines is 1. The third-order valence-corrected chi connectivity index (χ3v) is 3.67. The number of thiophene rings is 1. The van der Waals surface area contributed by atoms with Crippen LogP contribution in [0.5, 0.6) is 0 Å². The average molecular weight is 209 g/mol. The molecule has 0 radical (unpaired) electrons. The Labute approximate surface area is 88.5 Å². The lowest BCUT2D eigenvalue weighted by Gasteiger charge is -2.20. The van der Waals surface area contributed by atoms with E-state index in [0.29, 0.717) is 0 Å². The topological polar surface area (TPSA) is 20.3 Å². The smallest absolute Gasteiger partial charge is 0.160 e. The van der Waals surface area contributed by atoms with Crippen LogP contribution in [0, 0.1) is 5.92 Å². The zero-order valence-corrected chi connectivity index (χ0v) is 9.22. The molecule has 0 saturated heterocycles. The number of hydrogen-bond acceptors (Lipinski definition) is 3. The zero-order valence-electron chi connectivity index (χ0n) is 8.40. The summed E-state index contributed by atoms with van der Waals surface area (Å²) in [4.78, 5) is 13.8. The Morgan fingerprint density at radius 2 is 2.36 bits per heavy atom. The molecule has 0 spiro atoms. The molecule has 14 heavy (non-hydrogen) atoms. The van der Waals surface area contributed by atoms with Crippen molar-refractivity contribution in [2.45, 2.75) is 19.8 Å². The lowest BCUT2D eigenvalue weighted by atomic mass is 10.3. The van der Waals surface area contributed by atoms with Crippen molar-refractivity contribution in [2.75, 3.05) is 18.0 Å². The molecule has 1 aromatic rings. The summed E-state index contributed by atoms with van der Waals surface area (Å²) in [6, 6.07) is 3.96. The van der Waals surface area contributed by atoms with Gasteiger partial charge in [0.25, 0.3) is 0 Å². The molecule has 0 aromatic carbocycles. The van der Waals surface area contributed by atoms with Crippen LogP contribution >= 0.6 is 11.3 Å². The standard InChI is InChI=1S/C11H15NOS/c1-2-12(7-9-3-4-9)11-6-5-10(8-13)14-11/h5-6,8-9H,2-4,7H2,1H3. The van der Waals surface area contributed by atoms with Gasteiger partial charge in [-0.15, -0.1) is 11.3 Å². The highest BCUT2D eigenvalue weighted by molar-refractivity contribution is 7.17. The Morgan fingerprint density at radius 1 is 1.57 bits per heavy atom. The van der Waals surface area contributed by atoms with Gasteiger partial charge in [-0.2, -0.15) is 0 Å². The minimum atomic E-state index is 0.828. The predicted octanol–water partition coefficient (Wildman–Crippen LogP) is 2.80. The highest BCUT2D eigenvalue weighted by Crippen LogP contribution is 2.33. The Balaban J connectivity index is 2.04. The quantitative estimate of drug-likeness (QED) is 0.695. The van der Waals surface area contributed by atoms with Gasteiger partial charge in [0.1, 0.15) is 0 Å². The summed E-state index contributed by atoms with van der Waals surface area (Å²) in [6.45, 7) is 4.37. The van der Waals surface area contributed by atoms with Crippen molar-refractivity contribution >= 4 is 22.6 Å². The summed E-state index contributed by atoms with van der Waals surface area (Å²) in [7, 11) is 0. The first kappa shape index (κ1) is 9.71. The minimum Gasteiger partial charge on any atom is -0.363 e. The average Bonchev–Trinajstić information content (AvgIpc) is 2.90. The van der Waals surface area contributed by atoms with Crippen molar-refractivity contribution in [3.8, 4) is 0 Å². The summed E-state index contributed by atoms with van der Waals surface area (Å²) < 4.78 is 0. The maximum Gasteiger partial charge on any atom is 0.160 e. The van der Waals surface area contributed by atoms with Crippen molar-refractivity contribution in [3.05, 3.63) is 17.0 Å². The Bertz CT molecular complexity index is 317. The van der Waals surface area contributed by atoms with Gasteiger partial charge in [-0.05, 0) is 37.8 Å². The predicted molar refractivity (Wildman–Crippen MR) is 60.3 cm³/mol. The van der Waals surface area contributed by atoms with Crippen LogP contribution in [0.1, 0.15) is 29.4 Å². The second-order valence-corrected chi connectivity index (χ2v) is 4.87. The number of hydrogen-bond donors (Lipinski definition) is 0. The van der Waals surface area contributed by atoms with Gasteiger partial charge in [0.05, 0.1) is 9.88 Å². The molecule has 76 valence electrons. The molecule has 1 fully saturated rings. The molecular formula is C11H15NOS. The van der Waals surface area contributed by atoms with Crippen LogP contribution in [0.4, 0.5) is 5.00 Å². The number of aldehydes is 1. The third kappa shape index (κ3) is 2.15. The Hall–Kier alpha value is -0.830. The maximum atomic E-state index is 10.6. The molecule has 1 aliphatic rings. The first-order valence-electron chi connectivity index (χ1n) is 5.13. The molecule has 2 nitrogen and oxygen atoms in total. The molecule has 1 saturated carbocycles. The molecule has 1 aromatic heterocycles. The van der Waals surface area contributed by atoms with E-state index in [-0.39, 0.29) is 0 Å². The van der Waals surface area contributed by atoms with E-state index in [1.165, 1.54) is 17.8 Å². The second-order valence-electron chi connectivity index (χ2n) is 3.78. The molecule has 0 atom stereocenters. The SMILES string of the molecule is CCN(CC1CC1)c1ccc(C=O)s1. The van der Waals surface area contributed by atoms with Gasteiger partial charge in [0, 0.05) is 13.1 Å². The number of rotatable bonds is 5. The summed E-state index contributed by atoms with van der Waals surface area (Å²) in [6.07, 6.45) is 3.68. The molecule has 1 aliphatic carbocycles. The summed E-state index contributed by atoms with van der Waals surface area (Å²) in [5, 5.41) is 1.24. The third-order valence-electron chi connectivity index (χ3n) is 2.60.